The van der Waals surface area contributed by atoms with Gasteiger partial charge in [-0.1, -0.05) is 28.1 Å². The molecule has 0 aliphatic rings. The first-order valence-corrected chi connectivity index (χ1v) is 5.84. The zero-order chi connectivity index (χ0) is 11.1. The lowest BCUT2D eigenvalue weighted by Crippen LogP contribution is -2.00. The Kier molecular flexibility index (Phi) is 2.19. The van der Waals surface area contributed by atoms with Gasteiger partial charge in [0.05, 0.1) is 11.9 Å². The minimum atomic E-state index is 0.497. The maximum Gasteiger partial charge on any atom is 0.146 e. The van der Waals surface area contributed by atoms with Gasteiger partial charge in [-0.15, -0.1) is 0 Å². The van der Waals surface area contributed by atoms with Crippen LogP contribution in [-0.2, 0) is 6.54 Å². The van der Waals surface area contributed by atoms with Gasteiger partial charge in [0.15, 0.2) is 0 Å². The largest absolute Gasteiger partial charge is 0.325 e. The van der Waals surface area contributed by atoms with Crippen LogP contribution in [0, 0.1) is 0 Å². The van der Waals surface area contributed by atoms with E-state index in [9.17, 15) is 0 Å². The third-order valence-corrected chi connectivity index (χ3v) is 3.42. The van der Waals surface area contributed by atoms with E-state index >= 15 is 0 Å². The van der Waals surface area contributed by atoms with Crippen molar-refractivity contribution < 1.29 is 0 Å². The van der Waals surface area contributed by atoms with E-state index in [1.807, 2.05) is 28.9 Å². The molecule has 0 aliphatic carbocycles. The number of benzene rings is 1. The van der Waals surface area contributed by atoms with Crippen LogP contribution < -0.4 is 5.73 Å². The van der Waals surface area contributed by atoms with Crippen molar-refractivity contribution >= 4 is 32.3 Å². The number of aromatic nitrogens is 2. The van der Waals surface area contributed by atoms with E-state index in [0.29, 0.717) is 6.54 Å². The van der Waals surface area contributed by atoms with Gasteiger partial charge in [-0.05, 0) is 17.5 Å². The molecule has 4 heteroatoms. The average molecular weight is 276 g/mol. The van der Waals surface area contributed by atoms with Gasteiger partial charge in [-0.2, -0.15) is 0 Å². The molecule has 80 valence electrons. The summed E-state index contributed by atoms with van der Waals surface area (Å²) in [5.74, 6) is 0. The molecule has 2 heterocycles. The monoisotopic (exact) mass is 275 g/mol. The Labute approximate surface area is 101 Å². The summed E-state index contributed by atoms with van der Waals surface area (Å²) in [7, 11) is 0. The standard InChI is InChI=1S/C12H10BrN3/c13-10-3-1-2-8-4-5-16-9(6-14)7-15-12(16)11(8)10/h1-5,7H,6,14H2. The van der Waals surface area contributed by atoms with Crippen LogP contribution in [0.15, 0.2) is 41.1 Å². The van der Waals surface area contributed by atoms with Crippen molar-refractivity contribution in [3.63, 3.8) is 0 Å². The lowest BCUT2D eigenvalue weighted by Gasteiger charge is -2.04. The van der Waals surface area contributed by atoms with Crippen molar-refractivity contribution in [1.29, 1.82) is 0 Å². The van der Waals surface area contributed by atoms with Crippen LogP contribution in [0.4, 0.5) is 0 Å². The maximum absolute atomic E-state index is 5.67. The normalized spacial score (nSPS) is 11.4. The molecule has 0 fully saturated rings. The van der Waals surface area contributed by atoms with E-state index in [1.165, 1.54) is 5.39 Å². The molecule has 3 nitrogen and oxygen atoms in total. The highest BCUT2D eigenvalue weighted by Gasteiger charge is 2.07. The molecule has 0 unspecified atom stereocenters. The van der Waals surface area contributed by atoms with E-state index < -0.39 is 0 Å². The van der Waals surface area contributed by atoms with E-state index in [-0.39, 0.29) is 0 Å². The summed E-state index contributed by atoms with van der Waals surface area (Å²) in [5.41, 5.74) is 7.64. The first-order chi connectivity index (χ1) is 7.81. The summed E-state index contributed by atoms with van der Waals surface area (Å²) >= 11 is 3.56. The second-order valence-electron chi connectivity index (χ2n) is 3.67. The van der Waals surface area contributed by atoms with E-state index in [1.54, 1.807) is 0 Å². The minimum absolute atomic E-state index is 0.497. The van der Waals surface area contributed by atoms with E-state index in [0.717, 1.165) is 21.2 Å². The molecule has 0 saturated heterocycles. The molecule has 0 aliphatic heterocycles. The average Bonchev–Trinajstić information content (AvgIpc) is 2.72. The minimum Gasteiger partial charge on any atom is -0.325 e. The van der Waals surface area contributed by atoms with Crippen LogP contribution in [0.5, 0.6) is 0 Å². The third kappa shape index (κ3) is 1.27. The third-order valence-electron chi connectivity index (χ3n) is 2.76. The number of pyridine rings is 1. The Hall–Kier alpha value is -1.39. The molecular weight excluding hydrogens is 266 g/mol. The van der Waals surface area contributed by atoms with Gasteiger partial charge in [0.1, 0.15) is 5.65 Å². The lowest BCUT2D eigenvalue weighted by molar-refractivity contribution is 0.962. The van der Waals surface area contributed by atoms with Gasteiger partial charge in [-0.25, -0.2) is 4.98 Å². The number of hydrogen-bond donors (Lipinski definition) is 1. The van der Waals surface area contributed by atoms with Crippen molar-refractivity contribution in [2.75, 3.05) is 0 Å². The van der Waals surface area contributed by atoms with Crippen LogP contribution in [0.3, 0.4) is 0 Å². The number of fused-ring (bicyclic) bond motifs is 3. The van der Waals surface area contributed by atoms with Crippen LogP contribution in [0.2, 0.25) is 0 Å². The topological polar surface area (TPSA) is 43.3 Å². The molecule has 0 atom stereocenters. The number of nitrogens with zero attached hydrogens (tertiary/aromatic N) is 2. The van der Waals surface area contributed by atoms with Gasteiger partial charge in [0.2, 0.25) is 0 Å². The van der Waals surface area contributed by atoms with Crippen LogP contribution >= 0.6 is 15.9 Å². The van der Waals surface area contributed by atoms with Gasteiger partial charge in [-0.3, -0.25) is 0 Å². The molecule has 1 aromatic carbocycles. The SMILES string of the molecule is NCc1cnc2c3c(Br)cccc3ccn12. The predicted molar refractivity (Wildman–Crippen MR) is 68.3 cm³/mol. The maximum atomic E-state index is 5.67. The Morgan fingerprint density at radius 1 is 1.31 bits per heavy atom. The van der Waals surface area contributed by atoms with Crippen molar-refractivity contribution in [2.24, 2.45) is 5.73 Å². The molecule has 2 aromatic heterocycles. The fraction of sp³-hybridized carbons (Fsp3) is 0.0833. The van der Waals surface area contributed by atoms with Crippen molar-refractivity contribution in [3.05, 3.63) is 46.8 Å². The molecule has 0 saturated carbocycles. The molecular formula is C12H10BrN3. The summed E-state index contributed by atoms with van der Waals surface area (Å²) in [6.07, 6.45) is 3.84. The van der Waals surface area contributed by atoms with Gasteiger partial charge in [0.25, 0.3) is 0 Å². The predicted octanol–water partition coefficient (Wildman–Crippen LogP) is 2.71. The van der Waals surface area contributed by atoms with Gasteiger partial charge < -0.3 is 10.1 Å². The van der Waals surface area contributed by atoms with Crippen molar-refractivity contribution in [3.8, 4) is 0 Å². The first-order valence-electron chi connectivity index (χ1n) is 5.04. The van der Waals surface area contributed by atoms with Gasteiger partial charge >= 0.3 is 0 Å². The van der Waals surface area contributed by atoms with Crippen LogP contribution in [-0.4, -0.2) is 9.38 Å². The summed E-state index contributed by atoms with van der Waals surface area (Å²) in [4.78, 5) is 4.43. The highest BCUT2D eigenvalue weighted by atomic mass is 79.9. The van der Waals surface area contributed by atoms with Crippen LogP contribution in [0.1, 0.15) is 5.69 Å². The summed E-state index contributed by atoms with van der Waals surface area (Å²) in [6, 6.07) is 8.21. The number of hydrogen-bond acceptors (Lipinski definition) is 2. The summed E-state index contributed by atoms with van der Waals surface area (Å²) < 4.78 is 3.09. The Balaban J connectivity index is 2.54. The molecule has 0 amide bonds. The van der Waals surface area contributed by atoms with E-state index in [2.05, 4.69) is 33.0 Å². The zero-order valence-electron chi connectivity index (χ0n) is 8.52. The fourth-order valence-electron chi connectivity index (χ4n) is 1.97. The number of halogens is 1. The fourth-order valence-corrected chi connectivity index (χ4v) is 2.53. The zero-order valence-corrected chi connectivity index (χ0v) is 10.1. The first kappa shape index (κ1) is 9.81. The summed E-state index contributed by atoms with van der Waals surface area (Å²) in [6.45, 7) is 0.497. The highest BCUT2D eigenvalue weighted by molar-refractivity contribution is 9.10. The van der Waals surface area contributed by atoms with Crippen molar-refractivity contribution in [1.82, 2.24) is 9.38 Å². The second kappa shape index (κ2) is 3.57. The quantitative estimate of drug-likeness (QED) is 0.742. The Morgan fingerprint density at radius 3 is 3.00 bits per heavy atom. The van der Waals surface area contributed by atoms with Gasteiger partial charge in [0, 0.05) is 22.6 Å². The smallest absolute Gasteiger partial charge is 0.146 e. The molecule has 2 N–H and O–H groups in total. The molecule has 16 heavy (non-hydrogen) atoms. The molecule has 3 aromatic rings. The highest BCUT2D eigenvalue weighted by Crippen LogP contribution is 2.27. The molecule has 0 radical (unpaired) electrons. The number of rotatable bonds is 1. The number of nitrogens with two attached hydrogens (primary N) is 1. The molecule has 0 spiro atoms. The molecule has 3 rings (SSSR count). The second-order valence-corrected chi connectivity index (χ2v) is 4.52. The van der Waals surface area contributed by atoms with Crippen molar-refractivity contribution in [2.45, 2.75) is 6.54 Å². The molecule has 0 bridgehead atoms. The Morgan fingerprint density at radius 2 is 2.19 bits per heavy atom. The van der Waals surface area contributed by atoms with E-state index in [4.69, 9.17) is 5.73 Å². The van der Waals surface area contributed by atoms with Crippen LogP contribution in [0.25, 0.3) is 16.4 Å². The number of imidazole rings is 1. The lowest BCUT2D eigenvalue weighted by atomic mass is 10.2. The Bertz CT molecular complexity index is 672. The summed E-state index contributed by atoms with van der Waals surface area (Å²) in [5, 5.41) is 2.31.